The number of methoxy groups -OCH3 is 2. The highest BCUT2D eigenvalue weighted by molar-refractivity contribution is 5.61. The van der Waals surface area contributed by atoms with Crippen LogP contribution in [0.5, 0.6) is 11.5 Å². The standard InChI is InChI=1S/C12H20N2O3/c1-14(7-9(13)8-15)11-6-10(16-2)4-5-12(11)17-3/h4-6,9,15H,7-8,13H2,1-3H3. The molecule has 1 unspecified atom stereocenters. The summed E-state index contributed by atoms with van der Waals surface area (Å²) in [4.78, 5) is 1.93. The molecule has 96 valence electrons. The van der Waals surface area contributed by atoms with E-state index >= 15 is 0 Å². The van der Waals surface area contributed by atoms with Gasteiger partial charge in [0.15, 0.2) is 0 Å². The molecule has 0 fully saturated rings. The van der Waals surface area contributed by atoms with Crippen LogP contribution in [0.15, 0.2) is 18.2 Å². The molecular weight excluding hydrogens is 220 g/mol. The average molecular weight is 240 g/mol. The van der Waals surface area contributed by atoms with Gasteiger partial charge in [-0.25, -0.2) is 0 Å². The first-order valence-electron chi connectivity index (χ1n) is 5.42. The minimum atomic E-state index is -0.282. The second-order valence-electron chi connectivity index (χ2n) is 3.86. The van der Waals surface area contributed by atoms with Crippen LogP contribution < -0.4 is 20.1 Å². The zero-order valence-corrected chi connectivity index (χ0v) is 10.5. The fourth-order valence-electron chi connectivity index (χ4n) is 1.60. The van der Waals surface area contributed by atoms with Gasteiger partial charge in [0, 0.05) is 25.7 Å². The van der Waals surface area contributed by atoms with Crippen LogP contribution in [-0.4, -0.2) is 45.6 Å². The molecule has 0 saturated carbocycles. The second-order valence-corrected chi connectivity index (χ2v) is 3.86. The van der Waals surface area contributed by atoms with Crippen molar-refractivity contribution in [2.45, 2.75) is 6.04 Å². The minimum absolute atomic E-state index is 0.0450. The molecule has 5 heteroatoms. The van der Waals surface area contributed by atoms with E-state index in [0.29, 0.717) is 6.54 Å². The molecule has 0 aliphatic carbocycles. The number of ether oxygens (including phenoxy) is 2. The Morgan fingerprint density at radius 3 is 2.59 bits per heavy atom. The molecule has 0 aromatic heterocycles. The first kappa shape index (κ1) is 13.6. The maximum absolute atomic E-state index is 8.95. The Kier molecular flexibility index (Phi) is 5.06. The van der Waals surface area contributed by atoms with Crippen molar-refractivity contribution >= 4 is 5.69 Å². The maximum atomic E-state index is 8.95. The fraction of sp³-hybridized carbons (Fsp3) is 0.500. The smallest absolute Gasteiger partial charge is 0.142 e. The van der Waals surface area contributed by atoms with Crippen LogP contribution in [0.4, 0.5) is 5.69 Å². The van der Waals surface area contributed by atoms with E-state index in [-0.39, 0.29) is 12.6 Å². The third-order valence-electron chi connectivity index (χ3n) is 2.54. The van der Waals surface area contributed by atoms with Crippen molar-refractivity contribution in [1.82, 2.24) is 0 Å². The Balaban J connectivity index is 2.92. The van der Waals surface area contributed by atoms with E-state index in [9.17, 15) is 0 Å². The van der Waals surface area contributed by atoms with Crippen LogP contribution >= 0.6 is 0 Å². The van der Waals surface area contributed by atoms with Crippen LogP contribution in [0.2, 0.25) is 0 Å². The third-order valence-corrected chi connectivity index (χ3v) is 2.54. The number of benzene rings is 1. The highest BCUT2D eigenvalue weighted by Gasteiger charge is 2.12. The van der Waals surface area contributed by atoms with E-state index < -0.39 is 0 Å². The van der Waals surface area contributed by atoms with E-state index in [4.69, 9.17) is 20.3 Å². The van der Waals surface area contributed by atoms with E-state index in [1.807, 2.05) is 30.1 Å². The molecule has 0 spiro atoms. The lowest BCUT2D eigenvalue weighted by molar-refractivity contribution is 0.267. The zero-order chi connectivity index (χ0) is 12.8. The first-order chi connectivity index (χ1) is 8.12. The highest BCUT2D eigenvalue weighted by Crippen LogP contribution is 2.31. The topological polar surface area (TPSA) is 68.0 Å². The summed E-state index contributed by atoms with van der Waals surface area (Å²) >= 11 is 0. The fourth-order valence-corrected chi connectivity index (χ4v) is 1.60. The Bertz CT molecular complexity index is 358. The molecule has 1 aromatic rings. The van der Waals surface area contributed by atoms with Crippen LogP contribution in [0.1, 0.15) is 0 Å². The van der Waals surface area contributed by atoms with Crippen molar-refractivity contribution < 1.29 is 14.6 Å². The number of aliphatic hydroxyl groups is 1. The molecule has 3 N–H and O–H groups in total. The number of rotatable bonds is 6. The molecule has 0 heterocycles. The van der Waals surface area contributed by atoms with Gasteiger partial charge in [-0.3, -0.25) is 0 Å². The highest BCUT2D eigenvalue weighted by atomic mass is 16.5. The van der Waals surface area contributed by atoms with Gasteiger partial charge in [0.2, 0.25) is 0 Å². The minimum Gasteiger partial charge on any atom is -0.497 e. The van der Waals surface area contributed by atoms with Crippen LogP contribution in [0, 0.1) is 0 Å². The van der Waals surface area contributed by atoms with Crippen molar-refractivity contribution in [1.29, 1.82) is 0 Å². The number of anilines is 1. The molecule has 0 bridgehead atoms. The zero-order valence-electron chi connectivity index (χ0n) is 10.5. The predicted molar refractivity (Wildman–Crippen MR) is 67.9 cm³/mol. The predicted octanol–water partition coefficient (Wildman–Crippen LogP) is 0.460. The van der Waals surface area contributed by atoms with E-state index in [1.54, 1.807) is 14.2 Å². The summed E-state index contributed by atoms with van der Waals surface area (Å²) in [5.74, 6) is 1.50. The summed E-state index contributed by atoms with van der Waals surface area (Å²) in [7, 11) is 5.13. The van der Waals surface area contributed by atoms with Crippen molar-refractivity contribution in [3.8, 4) is 11.5 Å². The van der Waals surface area contributed by atoms with Crippen molar-refractivity contribution in [3.05, 3.63) is 18.2 Å². The molecule has 0 radical (unpaired) electrons. The van der Waals surface area contributed by atoms with E-state index in [1.165, 1.54) is 0 Å². The SMILES string of the molecule is COc1ccc(OC)c(N(C)CC(N)CO)c1. The van der Waals surface area contributed by atoms with Crippen molar-refractivity contribution in [2.24, 2.45) is 5.73 Å². The van der Waals surface area contributed by atoms with Crippen LogP contribution in [-0.2, 0) is 0 Å². The molecule has 1 rings (SSSR count). The average Bonchev–Trinajstić information content (AvgIpc) is 2.37. The van der Waals surface area contributed by atoms with Crippen molar-refractivity contribution in [3.63, 3.8) is 0 Å². The maximum Gasteiger partial charge on any atom is 0.142 e. The number of nitrogens with zero attached hydrogens (tertiary/aromatic N) is 1. The van der Waals surface area contributed by atoms with Gasteiger partial charge in [0.05, 0.1) is 26.5 Å². The monoisotopic (exact) mass is 240 g/mol. The summed E-state index contributed by atoms with van der Waals surface area (Å²) in [6, 6.07) is 5.27. The number of hydrogen-bond donors (Lipinski definition) is 2. The lowest BCUT2D eigenvalue weighted by atomic mass is 10.2. The van der Waals surface area contributed by atoms with E-state index in [0.717, 1.165) is 17.2 Å². The Morgan fingerprint density at radius 1 is 1.35 bits per heavy atom. The number of aliphatic hydroxyl groups excluding tert-OH is 1. The largest absolute Gasteiger partial charge is 0.497 e. The lowest BCUT2D eigenvalue weighted by Gasteiger charge is -2.24. The molecular formula is C12H20N2O3. The molecule has 0 aliphatic heterocycles. The van der Waals surface area contributed by atoms with Gasteiger partial charge in [-0.1, -0.05) is 0 Å². The lowest BCUT2D eigenvalue weighted by Crippen LogP contribution is -2.38. The Hall–Kier alpha value is -1.46. The van der Waals surface area contributed by atoms with Gasteiger partial charge >= 0.3 is 0 Å². The third kappa shape index (κ3) is 3.51. The summed E-state index contributed by atoms with van der Waals surface area (Å²) in [6.45, 7) is 0.497. The Labute approximate surface area is 102 Å². The second kappa shape index (κ2) is 6.32. The quantitative estimate of drug-likeness (QED) is 0.756. The van der Waals surface area contributed by atoms with Gasteiger partial charge in [-0.15, -0.1) is 0 Å². The summed E-state index contributed by atoms with van der Waals surface area (Å²) in [5.41, 5.74) is 6.59. The normalized spacial score (nSPS) is 12.1. The Morgan fingerprint density at radius 2 is 2.06 bits per heavy atom. The van der Waals surface area contributed by atoms with Gasteiger partial charge in [0.1, 0.15) is 11.5 Å². The molecule has 1 atom stereocenters. The van der Waals surface area contributed by atoms with Crippen LogP contribution in [0.3, 0.4) is 0 Å². The van der Waals surface area contributed by atoms with E-state index in [2.05, 4.69) is 0 Å². The van der Waals surface area contributed by atoms with Gasteiger partial charge in [-0.05, 0) is 12.1 Å². The number of hydrogen-bond acceptors (Lipinski definition) is 5. The molecule has 17 heavy (non-hydrogen) atoms. The van der Waals surface area contributed by atoms with Gasteiger partial charge in [-0.2, -0.15) is 0 Å². The number of nitrogens with two attached hydrogens (primary N) is 1. The summed E-state index contributed by atoms with van der Waals surface area (Å²) in [5, 5.41) is 8.95. The first-order valence-corrected chi connectivity index (χ1v) is 5.42. The van der Waals surface area contributed by atoms with Crippen molar-refractivity contribution in [2.75, 3.05) is 39.3 Å². The molecule has 0 amide bonds. The summed E-state index contributed by atoms with van der Waals surface area (Å²) in [6.07, 6.45) is 0. The number of likely N-dealkylation sites (N-methyl/N-ethyl adjacent to an activating group) is 1. The molecule has 1 aromatic carbocycles. The molecule has 0 aliphatic rings. The van der Waals surface area contributed by atoms with Gasteiger partial charge in [0.25, 0.3) is 0 Å². The van der Waals surface area contributed by atoms with Crippen LogP contribution in [0.25, 0.3) is 0 Å². The summed E-state index contributed by atoms with van der Waals surface area (Å²) < 4.78 is 10.5. The van der Waals surface area contributed by atoms with Gasteiger partial charge < -0.3 is 25.2 Å². The molecule has 0 saturated heterocycles. The molecule has 5 nitrogen and oxygen atoms in total.